The molecule has 0 saturated carbocycles. The Morgan fingerprint density at radius 2 is 0.709 bits per heavy atom. The number of nitrogens with one attached hydrogen (secondary N) is 1. The van der Waals surface area contributed by atoms with Crippen molar-refractivity contribution >= 4 is 19.7 Å². The summed E-state index contributed by atoms with van der Waals surface area (Å²) in [6.07, 6.45) is 88.4. The van der Waals surface area contributed by atoms with Crippen molar-refractivity contribution in [1.82, 2.24) is 5.32 Å². The first-order chi connectivity index (χ1) is 41.9. The molecule has 0 spiro atoms. The van der Waals surface area contributed by atoms with E-state index in [0.29, 0.717) is 23.9 Å². The van der Waals surface area contributed by atoms with Crippen LogP contribution in [0.25, 0.3) is 0 Å². The Balaban J connectivity index is 5.07. The first kappa shape index (κ1) is 82.9. The lowest BCUT2D eigenvalue weighted by molar-refractivity contribution is -0.870. The Morgan fingerprint density at radius 3 is 1.08 bits per heavy atom. The fraction of sp³-hybridized carbons (Fsp3) is 0.763. The van der Waals surface area contributed by atoms with Crippen LogP contribution in [0, 0.1) is 0 Å². The standard InChI is InChI=1S/C76H137N2O7P/c1-7-10-13-16-19-22-25-28-30-32-34-36-37-38-39-40-41-43-44-46-48-50-53-56-59-62-65-68-75(79)77-73(72-84-86(81,82)83-71-70-78(4,5)6)74(67-64-61-58-55-52-27-24-21-18-15-12-9-3)85-76(80)69-66-63-60-57-54-51-49-47-45-42-35-33-31-29-26-23-20-17-14-11-8-2/h19-20,22-23,28-31,34-36,42,47,49,64,67,73-74H,7-18,21,24-27,32-33,37-41,43-46,48,50-63,65-66,68-72H2,1-6H3,(H-,77,79,81,82)/p+1/b22-19-,23-20-,30-28-,31-29-,36-34-,42-35-,49-47-,67-64-. The van der Waals surface area contributed by atoms with Crippen LogP contribution in [0.4, 0.5) is 0 Å². The van der Waals surface area contributed by atoms with E-state index in [4.69, 9.17) is 13.8 Å². The van der Waals surface area contributed by atoms with Gasteiger partial charge in [0.2, 0.25) is 5.91 Å². The van der Waals surface area contributed by atoms with E-state index in [9.17, 15) is 19.0 Å². The fourth-order valence-corrected chi connectivity index (χ4v) is 10.9. The Morgan fingerprint density at radius 1 is 0.407 bits per heavy atom. The van der Waals surface area contributed by atoms with Gasteiger partial charge in [0, 0.05) is 12.8 Å². The molecule has 0 radical (unpaired) electrons. The summed E-state index contributed by atoms with van der Waals surface area (Å²) in [4.78, 5) is 37.9. The number of quaternary nitrogens is 1. The van der Waals surface area contributed by atoms with Crippen LogP contribution in [0.3, 0.4) is 0 Å². The highest BCUT2D eigenvalue weighted by atomic mass is 31.2. The van der Waals surface area contributed by atoms with Crippen molar-refractivity contribution in [2.24, 2.45) is 0 Å². The number of esters is 1. The molecule has 0 aliphatic carbocycles. The molecule has 0 rings (SSSR count). The molecule has 2 N–H and O–H groups in total. The molecule has 0 bridgehead atoms. The molecule has 1 amide bonds. The number of likely N-dealkylation sites (N-methyl/N-ethyl adjacent to an activating group) is 1. The molecule has 0 aromatic carbocycles. The van der Waals surface area contributed by atoms with Gasteiger partial charge in [-0.1, -0.05) is 292 Å². The van der Waals surface area contributed by atoms with E-state index in [1.807, 2.05) is 33.3 Å². The van der Waals surface area contributed by atoms with Crippen molar-refractivity contribution < 1.29 is 37.3 Å². The quantitative estimate of drug-likeness (QED) is 0.0205. The van der Waals surface area contributed by atoms with Gasteiger partial charge in [0.15, 0.2) is 0 Å². The van der Waals surface area contributed by atoms with Crippen molar-refractivity contribution in [3.63, 3.8) is 0 Å². The molecule has 86 heavy (non-hydrogen) atoms. The average Bonchev–Trinajstić information content (AvgIpc) is 3.69. The van der Waals surface area contributed by atoms with Crippen LogP contribution in [0.1, 0.15) is 323 Å². The molecule has 10 heteroatoms. The average molecular weight is 1220 g/mol. The summed E-state index contributed by atoms with van der Waals surface area (Å²) in [5.74, 6) is -0.522. The molecule has 3 unspecified atom stereocenters. The number of rotatable bonds is 65. The lowest BCUT2D eigenvalue weighted by Gasteiger charge is -2.27. The number of hydrogen-bond donors (Lipinski definition) is 2. The van der Waals surface area contributed by atoms with Crippen LogP contribution in [-0.2, 0) is 27.9 Å². The van der Waals surface area contributed by atoms with Crippen LogP contribution >= 0.6 is 7.82 Å². The fourth-order valence-electron chi connectivity index (χ4n) is 10.2. The maximum atomic E-state index is 13.6. The number of carbonyl (C=O) groups is 2. The van der Waals surface area contributed by atoms with Crippen LogP contribution in [-0.4, -0.2) is 74.3 Å². The number of carbonyl (C=O) groups excluding carboxylic acids is 2. The zero-order valence-electron chi connectivity index (χ0n) is 57.0. The highest BCUT2D eigenvalue weighted by molar-refractivity contribution is 7.47. The minimum absolute atomic E-state index is 0.0336. The third-order valence-corrected chi connectivity index (χ3v) is 16.7. The maximum absolute atomic E-state index is 13.6. The number of nitrogens with zero attached hydrogens (tertiary/aromatic N) is 1. The number of hydrogen-bond acceptors (Lipinski definition) is 6. The van der Waals surface area contributed by atoms with Crippen LogP contribution in [0.15, 0.2) is 97.2 Å². The van der Waals surface area contributed by atoms with E-state index >= 15 is 0 Å². The minimum atomic E-state index is -4.46. The molecular weight excluding hydrogens is 1080 g/mol. The molecule has 9 nitrogen and oxygen atoms in total. The summed E-state index contributed by atoms with van der Waals surface area (Å²) in [5, 5.41) is 3.07. The number of phosphoric acid groups is 1. The first-order valence-corrected chi connectivity index (χ1v) is 37.6. The van der Waals surface area contributed by atoms with Gasteiger partial charge in [0.1, 0.15) is 19.3 Å². The van der Waals surface area contributed by atoms with Crippen molar-refractivity contribution in [1.29, 1.82) is 0 Å². The molecule has 498 valence electrons. The largest absolute Gasteiger partial charge is 0.472 e. The Bertz CT molecular complexity index is 1790. The molecule has 0 aliphatic heterocycles. The molecule has 0 heterocycles. The molecule has 0 aromatic rings. The summed E-state index contributed by atoms with van der Waals surface area (Å²) in [6, 6.07) is -0.863. The smallest absolute Gasteiger partial charge is 0.456 e. The van der Waals surface area contributed by atoms with Crippen molar-refractivity contribution in [2.75, 3.05) is 40.9 Å². The molecule has 0 fully saturated rings. The summed E-state index contributed by atoms with van der Waals surface area (Å²) >= 11 is 0. The summed E-state index contributed by atoms with van der Waals surface area (Å²) in [5.41, 5.74) is 0. The Kier molecular flexibility index (Phi) is 62.6. The topological polar surface area (TPSA) is 111 Å². The number of amides is 1. The molecule has 0 saturated heterocycles. The van der Waals surface area contributed by atoms with Gasteiger partial charge < -0.3 is 19.4 Å². The summed E-state index contributed by atoms with van der Waals surface area (Å²) in [7, 11) is 1.48. The Hall–Kier alpha value is -3.07. The second kappa shape index (κ2) is 64.9. The number of phosphoric ester groups is 1. The van der Waals surface area contributed by atoms with Crippen molar-refractivity contribution in [3.8, 4) is 0 Å². The van der Waals surface area contributed by atoms with Gasteiger partial charge in [-0.2, -0.15) is 0 Å². The van der Waals surface area contributed by atoms with Crippen LogP contribution in [0.2, 0.25) is 0 Å². The molecule has 0 aromatic heterocycles. The maximum Gasteiger partial charge on any atom is 0.472 e. The number of unbranched alkanes of at least 4 members (excludes halogenated alkanes) is 35. The SMILES string of the molecule is CCCCC/C=C\C/C=C\C/C=C\C/C=C\CCCCCCCC(=O)OC(/C=C\CCCCCCCCCCCC)C(COP(=O)(O)OCC[N+](C)(C)C)NC(=O)CCCCCCCCCCCCCCCC/C=C\C/C=C\C/C=C\CCCCC. The van der Waals surface area contributed by atoms with Gasteiger partial charge in [-0.05, 0) is 115 Å². The van der Waals surface area contributed by atoms with E-state index in [-0.39, 0.29) is 31.5 Å². The summed E-state index contributed by atoms with van der Waals surface area (Å²) < 4.78 is 30.8. The lowest BCUT2D eigenvalue weighted by Crippen LogP contribution is -2.47. The molecule has 3 atom stereocenters. The normalized spacial score (nSPS) is 14.1. The molecule has 0 aliphatic rings. The van der Waals surface area contributed by atoms with E-state index in [0.717, 1.165) is 103 Å². The van der Waals surface area contributed by atoms with Crippen molar-refractivity contribution in [2.45, 2.75) is 335 Å². The van der Waals surface area contributed by atoms with Crippen LogP contribution < -0.4 is 5.32 Å². The monoisotopic (exact) mass is 1220 g/mol. The second-order valence-corrected chi connectivity index (χ2v) is 26.9. The minimum Gasteiger partial charge on any atom is -0.456 e. The highest BCUT2D eigenvalue weighted by Crippen LogP contribution is 2.43. The summed E-state index contributed by atoms with van der Waals surface area (Å²) in [6.45, 7) is 6.97. The zero-order valence-corrected chi connectivity index (χ0v) is 57.9. The van der Waals surface area contributed by atoms with Gasteiger partial charge in [0.05, 0.1) is 33.8 Å². The first-order valence-electron chi connectivity index (χ1n) is 36.1. The van der Waals surface area contributed by atoms with E-state index in [2.05, 4.69) is 111 Å². The molecular formula is C76H138N2O7P+. The number of allylic oxidation sites excluding steroid dienone is 15. The van der Waals surface area contributed by atoms with Gasteiger partial charge in [-0.25, -0.2) is 4.57 Å². The Labute approximate surface area is 532 Å². The zero-order chi connectivity index (χ0) is 62.8. The van der Waals surface area contributed by atoms with E-state index < -0.39 is 20.0 Å². The lowest BCUT2D eigenvalue weighted by atomic mass is 10.0. The third kappa shape index (κ3) is 65.4. The highest BCUT2D eigenvalue weighted by Gasteiger charge is 2.30. The van der Waals surface area contributed by atoms with E-state index in [1.54, 1.807) is 0 Å². The predicted octanol–water partition coefficient (Wildman–Crippen LogP) is 23.1. The van der Waals surface area contributed by atoms with Crippen LogP contribution in [0.5, 0.6) is 0 Å². The third-order valence-electron chi connectivity index (χ3n) is 15.7. The van der Waals surface area contributed by atoms with Crippen molar-refractivity contribution in [3.05, 3.63) is 97.2 Å². The predicted molar refractivity (Wildman–Crippen MR) is 374 cm³/mol. The van der Waals surface area contributed by atoms with E-state index in [1.165, 1.54) is 180 Å². The van der Waals surface area contributed by atoms with Gasteiger partial charge in [-0.15, -0.1) is 0 Å². The van der Waals surface area contributed by atoms with Gasteiger partial charge in [-0.3, -0.25) is 18.6 Å². The van der Waals surface area contributed by atoms with Gasteiger partial charge in [0.25, 0.3) is 0 Å². The second-order valence-electron chi connectivity index (χ2n) is 25.4. The van der Waals surface area contributed by atoms with Gasteiger partial charge >= 0.3 is 13.8 Å². The number of ether oxygens (including phenoxy) is 1.